The average Bonchev–Trinajstić information content (AvgIpc) is 3.34. The predicted molar refractivity (Wildman–Crippen MR) is 122 cm³/mol. The molecule has 1 aromatic carbocycles. The molecule has 1 aliphatic carbocycles. The second-order valence-electron chi connectivity index (χ2n) is 8.42. The zero-order valence-electron chi connectivity index (χ0n) is 18.6. The van der Waals surface area contributed by atoms with Crippen molar-refractivity contribution in [1.29, 1.82) is 0 Å². The number of nitrogens with zero attached hydrogens (tertiary/aromatic N) is 4. The third kappa shape index (κ3) is 5.18. The maximum atomic E-state index is 13.6. The molecule has 11 heteroatoms. The van der Waals surface area contributed by atoms with Gasteiger partial charge in [-0.05, 0) is 49.9 Å². The van der Waals surface area contributed by atoms with Crippen LogP contribution in [0.25, 0.3) is 17.1 Å². The van der Waals surface area contributed by atoms with Gasteiger partial charge < -0.3 is 15.1 Å². The first kappa shape index (κ1) is 22.6. The normalized spacial score (nSPS) is 13.6. The summed E-state index contributed by atoms with van der Waals surface area (Å²) in [6, 6.07) is 10.2. The first-order valence-corrected chi connectivity index (χ1v) is 11.0. The molecule has 0 aliphatic heterocycles. The molecule has 8 nitrogen and oxygen atoms in total. The summed E-state index contributed by atoms with van der Waals surface area (Å²) in [5.74, 6) is 0.611. The summed E-state index contributed by atoms with van der Waals surface area (Å²) in [6.07, 6.45) is 1.43. The Balaban J connectivity index is 1.35. The van der Waals surface area contributed by atoms with Crippen LogP contribution >= 0.6 is 0 Å². The maximum Gasteiger partial charge on any atom is 0.437 e. The highest BCUT2D eigenvalue weighted by molar-refractivity contribution is 6.03. The van der Waals surface area contributed by atoms with Crippen molar-refractivity contribution in [1.82, 2.24) is 19.7 Å². The number of nitrogens with one attached hydrogen (secondary N) is 2. The standard InChI is InChI=1S/C24H21F3N6O2/c1-14-2-6-17(7-3-14)33-12-18(21(32-33)24(25,26)27)30-22(34)19-13-35-23(31-19)16-8-9-28-20(10-16)29-11-15-4-5-15/h2-3,6-10,12-13,15H,4-5,11H2,1H3,(H,28,29)(H,30,34). The lowest BCUT2D eigenvalue weighted by Crippen LogP contribution is -2.16. The Hall–Kier alpha value is -4.15. The monoisotopic (exact) mass is 482 g/mol. The zero-order valence-corrected chi connectivity index (χ0v) is 18.6. The van der Waals surface area contributed by atoms with Crippen LogP contribution in [0.15, 0.2) is 59.5 Å². The highest BCUT2D eigenvalue weighted by atomic mass is 19.4. The molecule has 0 saturated heterocycles. The Morgan fingerprint density at radius 1 is 1.20 bits per heavy atom. The quantitative estimate of drug-likeness (QED) is 0.370. The number of hydrogen-bond donors (Lipinski definition) is 2. The smallest absolute Gasteiger partial charge is 0.437 e. The molecule has 180 valence electrons. The molecule has 0 atom stereocenters. The van der Waals surface area contributed by atoms with Gasteiger partial charge in [0.2, 0.25) is 5.89 Å². The molecule has 0 bridgehead atoms. The molecule has 1 saturated carbocycles. The molecule has 35 heavy (non-hydrogen) atoms. The number of halogens is 3. The minimum Gasteiger partial charge on any atom is -0.444 e. The molecule has 0 spiro atoms. The van der Waals surface area contributed by atoms with Gasteiger partial charge in [0, 0.05) is 18.3 Å². The molecular weight excluding hydrogens is 461 g/mol. The van der Waals surface area contributed by atoms with E-state index in [0.717, 1.165) is 29.3 Å². The van der Waals surface area contributed by atoms with Gasteiger partial charge in [0.05, 0.1) is 17.6 Å². The molecule has 2 N–H and O–H groups in total. The second-order valence-corrected chi connectivity index (χ2v) is 8.42. The molecule has 0 unspecified atom stereocenters. The van der Waals surface area contributed by atoms with Crippen molar-refractivity contribution in [3.05, 3.63) is 72.0 Å². The SMILES string of the molecule is Cc1ccc(-n2cc(NC(=O)c3coc(-c4ccnc(NCC5CC5)c4)n3)c(C(F)(F)F)n2)cc1. The lowest BCUT2D eigenvalue weighted by molar-refractivity contribution is -0.140. The summed E-state index contributed by atoms with van der Waals surface area (Å²) in [4.78, 5) is 21.1. The number of pyridine rings is 1. The van der Waals surface area contributed by atoms with Crippen molar-refractivity contribution < 1.29 is 22.4 Å². The molecular formula is C24H21F3N6O2. The lowest BCUT2D eigenvalue weighted by atomic mass is 10.2. The van der Waals surface area contributed by atoms with Crippen molar-refractivity contribution >= 4 is 17.4 Å². The van der Waals surface area contributed by atoms with E-state index >= 15 is 0 Å². The summed E-state index contributed by atoms with van der Waals surface area (Å²) in [5, 5.41) is 9.15. The van der Waals surface area contributed by atoms with Crippen LogP contribution < -0.4 is 10.6 Å². The Kier molecular flexibility index (Phi) is 5.75. The fraction of sp³-hybridized carbons (Fsp3) is 0.250. The van der Waals surface area contributed by atoms with Crippen LogP contribution in [-0.4, -0.2) is 32.2 Å². The third-order valence-corrected chi connectivity index (χ3v) is 5.54. The van der Waals surface area contributed by atoms with Gasteiger partial charge in [0.25, 0.3) is 5.91 Å². The average molecular weight is 482 g/mol. The first-order chi connectivity index (χ1) is 16.8. The Labute approximate surface area is 198 Å². The fourth-order valence-corrected chi connectivity index (χ4v) is 3.43. The maximum absolute atomic E-state index is 13.6. The molecule has 4 aromatic rings. The summed E-state index contributed by atoms with van der Waals surface area (Å²) >= 11 is 0. The van der Waals surface area contributed by atoms with Gasteiger partial charge in [0.15, 0.2) is 11.4 Å². The van der Waals surface area contributed by atoms with Crippen LogP contribution in [-0.2, 0) is 6.18 Å². The van der Waals surface area contributed by atoms with E-state index in [1.807, 2.05) is 6.92 Å². The number of oxazole rings is 1. The van der Waals surface area contributed by atoms with Gasteiger partial charge in [-0.3, -0.25) is 4.79 Å². The van der Waals surface area contributed by atoms with Gasteiger partial charge in [-0.15, -0.1) is 0 Å². The molecule has 1 fully saturated rings. The van der Waals surface area contributed by atoms with Crippen LogP contribution in [0, 0.1) is 12.8 Å². The number of hydrogen-bond acceptors (Lipinski definition) is 6. The van der Waals surface area contributed by atoms with E-state index in [0.29, 0.717) is 23.0 Å². The molecule has 1 aliphatic rings. The Morgan fingerprint density at radius 2 is 1.97 bits per heavy atom. The largest absolute Gasteiger partial charge is 0.444 e. The van der Waals surface area contributed by atoms with E-state index in [-0.39, 0.29) is 11.6 Å². The van der Waals surface area contributed by atoms with E-state index in [4.69, 9.17) is 4.42 Å². The molecule has 3 aromatic heterocycles. The van der Waals surface area contributed by atoms with Gasteiger partial charge in [-0.1, -0.05) is 17.7 Å². The minimum atomic E-state index is -4.77. The van der Waals surface area contributed by atoms with Gasteiger partial charge >= 0.3 is 6.18 Å². The molecule has 3 heterocycles. The van der Waals surface area contributed by atoms with Crippen molar-refractivity contribution in [2.75, 3.05) is 17.2 Å². The van der Waals surface area contributed by atoms with Crippen LogP contribution in [0.5, 0.6) is 0 Å². The molecule has 1 amide bonds. The number of aromatic nitrogens is 4. The van der Waals surface area contributed by atoms with E-state index in [1.54, 1.807) is 42.6 Å². The van der Waals surface area contributed by atoms with Crippen LogP contribution in [0.3, 0.4) is 0 Å². The number of amides is 1. The number of carbonyl (C=O) groups excluding carboxylic acids is 1. The first-order valence-electron chi connectivity index (χ1n) is 11.0. The summed E-state index contributed by atoms with van der Waals surface area (Å²) < 4.78 is 47.3. The highest BCUT2D eigenvalue weighted by Crippen LogP contribution is 2.35. The third-order valence-electron chi connectivity index (χ3n) is 5.54. The molecule has 0 radical (unpaired) electrons. The Morgan fingerprint density at radius 3 is 2.69 bits per heavy atom. The van der Waals surface area contributed by atoms with Crippen molar-refractivity contribution in [2.45, 2.75) is 25.9 Å². The summed E-state index contributed by atoms with van der Waals surface area (Å²) in [5.41, 5.74) is 0.0984. The number of alkyl halides is 3. The van der Waals surface area contributed by atoms with Crippen molar-refractivity contribution in [3.63, 3.8) is 0 Å². The van der Waals surface area contributed by atoms with Gasteiger partial charge in [-0.25, -0.2) is 14.6 Å². The fourth-order valence-electron chi connectivity index (χ4n) is 3.43. The second kappa shape index (κ2) is 8.90. The summed E-state index contributed by atoms with van der Waals surface area (Å²) in [6.45, 7) is 2.69. The van der Waals surface area contributed by atoms with E-state index in [9.17, 15) is 18.0 Å². The van der Waals surface area contributed by atoms with Crippen LogP contribution in [0.1, 0.15) is 34.6 Å². The van der Waals surface area contributed by atoms with Crippen molar-refractivity contribution in [3.8, 4) is 17.1 Å². The molecule has 5 rings (SSSR count). The van der Waals surface area contributed by atoms with E-state index in [2.05, 4.69) is 25.7 Å². The number of aryl methyl sites for hydroxylation is 1. The predicted octanol–water partition coefficient (Wildman–Crippen LogP) is 5.32. The van der Waals surface area contributed by atoms with Gasteiger partial charge in [0.1, 0.15) is 12.1 Å². The van der Waals surface area contributed by atoms with Crippen molar-refractivity contribution in [2.24, 2.45) is 5.92 Å². The topological polar surface area (TPSA) is 97.9 Å². The lowest BCUT2D eigenvalue weighted by Gasteiger charge is -2.06. The number of carbonyl (C=O) groups is 1. The summed E-state index contributed by atoms with van der Waals surface area (Å²) in [7, 11) is 0. The zero-order chi connectivity index (χ0) is 24.6. The number of benzene rings is 1. The number of anilines is 2. The minimum absolute atomic E-state index is 0.151. The number of rotatable bonds is 7. The van der Waals surface area contributed by atoms with Crippen LogP contribution in [0.4, 0.5) is 24.7 Å². The van der Waals surface area contributed by atoms with Gasteiger partial charge in [-0.2, -0.15) is 18.3 Å². The van der Waals surface area contributed by atoms with Crippen LogP contribution in [0.2, 0.25) is 0 Å². The highest BCUT2D eigenvalue weighted by Gasteiger charge is 2.38. The van der Waals surface area contributed by atoms with E-state index in [1.165, 1.54) is 12.8 Å². The Bertz CT molecular complexity index is 1360. The van der Waals surface area contributed by atoms with E-state index < -0.39 is 23.5 Å².